The third-order valence-electron chi connectivity index (χ3n) is 5.92. The van der Waals surface area contributed by atoms with Crippen molar-refractivity contribution in [2.24, 2.45) is 0 Å². The van der Waals surface area contributed by atoms with Gasteiger partial charge in [0, 0.05) is 11.3 Å². The minimum absolute atomic E-state index is 0.129. The molecule has 0 heterocycles. The first kappa shape index (κ1) is 24.7. The van der Waals surface area contributed by atoms with Crippen LogP contribution in [0.3, 0.4) is 0 Å². The van der Waals surface area contributed by atoms with Crippen LogP contribution < -0.4 is 9.62 Å². The van der Waals surface area contributed by atoms with Gasteiger partial charge in [0.25, 0.3) is 15.9 Å². The van der Waals surface area contributed by atoms with Crippen LogP contribution in [0.4, 0.5) is 11.4 Å². The maximum absolute atomic E-state index is 13.6. The summed E-state index contributed by atoms with van der Waals surface area (Å²) in [5.41, 5.74) is 4.93. The zero-order valence-corrected chi connectivity index (χ0v) is 20.8. The van der Waals surface area contributed by atoms with Gasteiger partial charge in [0.1, 0.15) is 0 Å². The van der Waals surface area contributed by atoms with Crippen LogP contribution in [0.1, 0.15) is 32.6 Å². The van der Waals surface area contributed by atoms with Crippen molar-refractivity contribution in [1.82, 2.24) is 0 Å². The number of rotatable bonds is 7. The van der Waals surface area contributed by atoms with Gasteiger partial charge in [0.15, 0.2) is 0 Å². The molecule has 0 aliphatic carbocycles. The summed E-state index contributed by atoms with van der Waals surface area (Å²) in [5, 5.41) is 11.7. The molecule has 0 aliphatic rings. The summed E-state index contributed by atoms with van der Waals surface area (Å²) in [5.74, 6) is -0.296. The van der Waals surface area contributed by atoms with Crippen molar-refractivity contribution >= 4 is 27.3 Å². The van der Waals surface area contributed by atoms with Gasteiger partial charge in [0.2, 0.25) is 0 Å². The Kier molecular flexibility index (Phi) is 7.18. The first-order valence-electron chi connectivity index (χ1n) is 11.3. The second-order valence-corrected chi connectivity index (χ2v) is 10.3. The van der Waals surface area contributed by atoms with Crippen LogP contribution in [0.5, 0.6) is 0 Å². The largest absolute Gasteiger partial charge is 0.322 e. The molecule has 4 aromatic rings. The van der Waals surface area contributed by atoms with Crippen LogP contribution in [0.15, 0.2) is 102 Å². The number of nitrogens with one attached hydrogen (secondary N) is 1. The highest BCUT2D eigenvalue weighted by atomic mass is 32.2. The lowest BCUT2D eigenvalue weighted by atomic mass is 10.1. The van der Waals surface area contributed by atoms with E-state index in [1.54, 1.807) is 78.9 Å². The maximum atomic E-state index is 13.6. The molecule has 0 fully saturated rings. The highest BCUT2D eigenvalue weighted by Gasteiger charge is 2.25. The van der Waals surface area contributed by atoms with Crippen molar-refractivity contribution in [3.63, 3.8) is 0 Å². The zero-order valence-electron chi connectivity index (χ0n) is 20.0. The fraction of sp³-hybridized carbons (Fsp3) is 0.103. The van der Waals surface area contributed by atoms with Crippen molar-refractivity contribution in [3.8, 4) is 6.07 Å². The first-order valence-corrected chi connectivity index (χ1v) is 12.8. The third kappa shape index (κ3) is 5.45. The summed E-state index contributed by atoms with van der Waals surface area (Å²) in [6.45, 7) is 4.07. The average Bonchev–Trinajstić information content (AvgIpc) is 2.90. The van der Waals surface area contributed by atoms with E-state index in [9.17, 15) is 13.2 Å². The van der Waals surface area contributed by atoms with E-state index in [-0.39, 0.29) is 17.3 Å². The Bertz CT molecular complexity index is 1520. The minimum atomic E-state index is -3.81. The Morgan fingerprint density at radius 2 is 1.53 bits per heavy atom. The van der Waals surface area contributed by atoms with Crippen molar-refractivity contribution < 1.29 is 13.2 Å². The van der Waals surface area contributed by atoms with Gasteiger partial charge in [-0.15, -0.1) is 0 Å². The van der Waals surface area contributed by atoms with E-state index in [0.29, 0.717) is 22.5 Å². The second-order valence-electron chi connectivity index (χ2n) is 8.43. The maximum Gasteiger partial charge on any atom is 0.264 e. The molecule has 36 heavy (non-hydrogen) atoms. The Morgan fingerprint density at radius 3 is 2.14 bits per heavy atom. The number of nitrogens with zero attached hydrogens (tertiary/aromatic N) is 2. The normalized spacial score (nSPS) is 10.9. The number of hydrogen-bond donors (Lipinski definition) is 1. The molecular weight excluding hydrogens is 470 g/mol. The van der Waals surface area contributed by atoms with E-state index >= 15 is 0 Å². The highest BCUT2D eigenvalue weighted by Crippen LogP contribution is 2.28. The Labute approximate surface area is 211 Å². The lowest BCUT2D eigenvalue weighted by Gasteiger charge is -2.25. The molecule has 180 valence electrons. The fourth-order valence-corrected chi connectivity index (χ4v) is 5.14. The molecule has 0 spiro atoms. The molecule has 1 amide bonds. The fourth-order valence-electron chi connectivity index (χ4n) is 3.67. The topological polar surface area (TPSA) is 90.3 Å². The van der Waals surface area contributed by atoms with Crippen LogP contribution in [0.2, 0.25) is 0 Å². The summed E-state index contributed by atoms with van der Waals surface area (Å²) in [6, 6.07) is 29.4. The summed E-state index contributed by atoms with van der Waals surface area (Å²) >= 11 is 0. The van der Waals surface area contributed by atoms with Crippen molar-refractivity contribution in [2.45, 2.75) is 25.3 Å². The first-order chi connectivity index (χ1) is 17.3. The van der Waals surface area contributed by atoms with Gasteiger partial charge >= 0.3 is 0 Å². The van der Waals surface area contributed by atoms with Gasteiger partial charge < -0.3 is 5.32 Å². The molecule has 4 rings (SSSR count). The van der Waals surface area contributed by atoms with Crippen LogP contribution in [0.25, 0.3) is 0 Å². The predicted octanol–water partition coefficient (Wildman–Crippen LogP) is 5.82. The van der Waals surface area contributed by atoms with E-state index in [0.717, 1.165) is 16.7 Å². The van der Waals surface area contributed by atoms with Gasteiger partial charge in [-0.2, -0.15) is 5.26 Å². The van der Waals surface area contributed by atoms with Gasteiger partial charge in [0.05, 0.1) is 28.8 Å². The summed E-state index contributed by atoms with van der Waals surface area (Å²) in [7, 11) is -3.81. The van der Waals surface area contributed by atoms with E-state index in [4.69, 9.17) is 5.26 Å². The molecule has 0 aromatic heterocycles. The van der Waals surface area contributed by atoms with Crippen molar-refractivity contribution in [3.05, 3.63) is 125 Å². The van der Waals surface area contributed by atoms with Crippen LogP contribution >= 0.6 is 0 Å². The number of amides is 1. The quantitative estimate of drug-likeness (QED) is 0.350. The Morgan fingerprint density at radius 1 is 0.861 bits per heavy atom. The number of sulfonamides is 1. The molecule has 0 saturated carbocycles. The summed E-state index contributed by atoms with van der Waals surface area (Å²) in [6.07, 6.45) is 0. The number of benzene rings is 4. The molecule has 4 aromatic carbocycles. The van der Waals surface area contributed by atoms with E-state index < -0.39 is 10.0 Å². The number of hydrogen-bond acceptors (Lipinski definition) is 4. The van der Waals surface area contributed by atoms with E-state index in [1.165, 1.54) is 4.31 Å². The highest BCUT2D eigenvalue weighted by molar-refractivity contribution is 7.92. The summed E-state index contributed by atoms with van der Waals surface area (Å²) < 4.78 is 28.6. The molecule has 0 unspecified atom stereocenters. The molecule has 0 radical (unpaired) electrons. The van der Waals surface area contributed by atoms with Gasteiger partial charge in [-0.3, -0.25) is 9.10 Å². The van der Waals surface area contributed by atoms with Crippen LogP contribution in [-0.2, 0) is 16.6 Å². The standard InChI is InChI=1S/C29H25N3O3S/c1-21-8-17-27(18-22(21)2)32(36(34,35)28-6-4-3-5-7-28)20-24-11-15-26(16-12-24)31-29(33)25-13-9-23(19-30)10-14-25/h3-18H,20H2,1-2H3,(H,31,33). The molecular formula is C29H25N3O3S. The lowest BCUT2D eigenvalue weighted by molar-refractivity contribution is 0.102. The number of anilines is 2. The number of aryl methyl sites for hydroxylation is 2. The van der Waals surface area contributed by atoms with E-state index in [2.05, 4.69) is 5.32 Å². The number of carbonyl (C=O) groups is 1. The molecule has 0 saturated heterocycles. The number of carbonyl (C=O) groups excluding carboxylic acids is 1. The van der Waals surface area contributed by atoms with Crippen LogP contribution in [-0.4, -0.2) is 14.3 Å². The monoisotopic (exact) mass is 495 g/mol. The van der Waals surface area contributed by atoms with E-state index in [1.807, 2.05) is 38.1 Å². The number of nitriles is 1. The van der Waals surface area contributed by atoms with Gasteiger partial charge in [-0.25, -0.2) is 8.42 Å². The zero-order chi connectivity index (χ0) is 25.7. The van der Waals surface area contributed by atoms with Crippen molar-refractivity contribution in [1.29, 1.82) is 5.26 Å². The van der Waals surface area contributed by atoms with Crippen LogP contribution in [0, 0.1) is 25.2 Å². The molecule has 0 aliphatic heterocycles. The second kappa shape index (κ2) is 10.5. The Hall–Kier alpha value is -4.41. The van der Waals surface area contributed by atoms with Gasteiger partial charge in [-0.1, -0.05) is 36.4 Å². The molecule has 6 nitrogen and oxygen atoms in total. The molecule has 7 heteroatoms. The lowest BCUT2D eigenvalue weighted by Crippen LogP contribution is -2.30. The van der Waals surface area contributed by atoms with Crippen molar-refractivity contribution in [2.75, 3.05) is 9.62 Å². The van der Waals surface area contributed by atoms with Gasteiger partial charge in [-0.05, 0) is 91.2 Å². The third-order valence-corrected chi connectivity index (χ3v) is 7.71. The average molecular weight is 496 g/mol. The minimum Gasteiger partial charge on any atom is -0.322 e. The summed E-state index contributed by atoms with van der Waals surface area (Å²) in [4.78, 5) is 12.7. The SMILES string of the molecule is Cc1ccc(N(Cc2ccc(NC(=O)c3ccc(C#N)cc3)cc2)S(=O)(=O)c2ccccc2)cc1C. The smallest absolute Gasteiger partial charge is 0.264 e. The molecule has 0 atom stereocenters. The molecule has 0 bridgehead atoms. The molecule has 1 N–H and O–H groups in total. The predicted molar refractivity (Wildman–Crippen MR) is 141 cm³/mol. The Balaban J connectivity index is 1.58.